The Labute approximate surface area is 158 Å². The van der Waals surface area contributed by atoms with Crippen LogP contribution in [0.4, 0.5) is 5.69 Å². The Balaban J connectivity index is 1.82. The summed E-state index contributed by atoms with van der Waals surface area (Å²) in [6.45, 7) is 0. The molecule has 1 aromatic heterocycles. The molecular formula is C20H23N3O3S. The van der Waals surface area contributed by atoms with Crippen LogP contribution in [-0.4, -0.2) is 31.5 Å². The van der Waals surface area contributed by atoms with Crippen LogP contribution in [0.2, 0.25) is 0 Å². The number of hydrogen-bond acceptors (Lipinski definition) is 4. The molecule has 1 amide bonds. The summed E-state index contributed by atoms with van der Waals surface area (Å²) in [6, 6.07) is 11.4. The second-order valence-corrected chi connectivity index (χ2v) is 9.58. The van der Waals surface area contributed by atoms with Gasteiger partial charge in [0.1, 0.15) is 0 Å². The average Bonchev–Trinajstić information content (AvgIpc) is 3.05. The van der Waals surface area contributed by atoms with E-state index in [0.717, 1.165) is 27.6 Å². The molecule has 1 aliphatic rings. The minimum atomic E-state index is -2.43. The van der Waals surface area contributed by atoms with Crippen molar-refractivity contribution in [2.75, 3.05) is 17.2 Å². The van der Waals surface area contributed by atoms with Crippen molar-refractivity contribution < 1.29 is 13.9 Å². The van der Waals surface area contributed by atoms with Crippen LogP contribution in [0.25, 0.3) is 22.0 Å². The monoisotopic (exact) mass is 385 g/mol. The molecule has 0 radical (unpaired) electrons. The average molecular weight is 385 g/mol. The number of benzene rings is 2. The number of aromatic amines is 1. The van der Waals surface area contributed by atoms with E-state index in [4.69, 9.17) is 11.5 Å². The molecule has 27 heavy (non-hydrogen) atoms. The number of rotatable bonds is 3. The molecule has 0 aliphatic carbocycles. The van der Waals surface area contributed by atoms with Gasteiger partial charge in [0.15, 0.2) is 0 Å². The first kappa shape index (κ1) is 17.9. The fourth-order valence-corrected chi connectivity index (χ4v) is 5.37. The zero-order valence-electron chi connectivity index (χ0n) is 14.8. The van der Waals surface area contributed by atoms with Gasteiger partial charge in [-0.1, -0.05) is 12.1 Å². The van der Waals surface area contributed by atoms with Crippen LogP contribution in [0.5, 0.6) is 0 Å². The number of carbonyl (C=O) groups excluding carboxylic acids is 1. The van der Waals surface area contributed by atoms with E-state index < -0.39 is 16.5 Å². The smallest absolute Gasteiger partial charge is 0.250 e. The topological polar surface area (TPSA) is 125 Å². The van der Waals surface area contributed by atoms with E-state index >= 15 is 0 Å². The molecular weight excluding hydrogens is 362 g/mol. The van der Waals surface area contributed by atoms with Gasteiger partial charge in [-0.25, -0.2) is 0 Å². The number of carbonyl (C=O) groups is 1. The first-order chi connectivity index (χ1) is 12.8. The van der Waals surface area contributed by atoms with Crippen molar-refractivity contribution in [3.05, 3.63) is 53.7 Å². The van der Waals surface area contributed by atoms with Crippen molar-refractivity contribution in [3.63, 3.8) is 0 Å². The maximum absolute atomic E-state index is 12.0. The highest BCUT2D eigenvalue weighted by molar-refractivity contribution is 8.24. The quantitative estimate of drug-likeness (QED) is 0.434. The van der Waals surface area contributed by atoms with E-state index in [-0.39, 0.29) is 5.92 Å². The number of nitrogens with two attached hydrogens (primary N) is 2. The number of fused-ring (bicyclic) bond motifs is 1. The molecule has 1 saturated heterocycles. The maximum Gasteiger partial charge on any atom is 0.250 e. The van der Waals surface area contributed by atoms with Crippen molar-refractivity contribution in [1.29, 1.82) is 0 Å². The first-order valence-electron chi connectivity index (χ1n) is 8.88. The number of hydrogen-bond donors (Lipinski definition) is 5. The van der Waals surface area contributed by atoms with Crippen LogP contribution in [0, 0.1) is 0 Å². The molecule has 1 fully saturated rings. The Morgan fingerprint density at radius 2 is 1.74 bits per heavy atom. The normalized spacial score (nSPS) is 18.4. The number of nitrogen functional groups attached to an aromatic ring is 1. The standard InChI is InChI=1S/C20H23N3O3S/c21-15-3-1-12(2-4-15)14-9-16-18(13-5-7-27(25,26)8-6-13)11-23-19(16)17(10-14)20(22)24/h1-4,9-11,13,23,25-26H,5-8,21H2,(H2,22,24). The lowest BCUT2D eigenvalue weighted by molar-refractivity contribution is 0.100. The molecule has 0 bridgehead atoms. The van der Waals surface area contributed by atoms with Crippen LogP contribution < -0.4 is 11.5 Å². The molecule has 7 N–H and O–H groups in total. The third-order valence-corrected chi connectivity index (χ3v) is 7.14. The molecule has 2 aromatic carbocycles. The number of aromatic nitrogens is 1. The minimum Gasteiger partial charge on any atom is -0.399 e. The predicted molar refractivity (Wildman–Crippen MR) is 111 cm³/mol. The van der Waals surface area contributed by atoms with Gasteiger partial charge in [-0.3, -0.25) is 13.9 Å². The number of amides is 1. The van der Waals surface area contributed by atoms with Gasteiger partial charge in [0.2, 0.25) is 0 Å². The van der Waals surface area contributed by atoms with Gasteiger partial charge >= 0.3 is 0 Å². The van der Waals surface area contributed by atoms with Crippen LogP contribution in [0.1, 0.15) is 34.7 Å². The van der Waals surface area contributed by atoms with Gasteiger partial charge < -0.3 is 16.5 Å². The Bertz CT molecular complexity index is 1000. The third kappa shape index (κ3) is 3.41. The maximum atomic E-state index is 12.0. The van der Waals surface area contributed by atoms with Crippen molar-refractivity contribution in [2.45, 2.75) is 18.8 Å². The van der Waals surface area contributed by atoms with Crippen LogP contribution in [0.15, 0.2) is 42.6 Å². The van der Waals surface area contributed by atoms with Gasteiger partial charge in [-0.15, -0.1) is 0 Å². The second kappa shape index (κ2) is 6.60. The van der Waals surface area contributed by atoms with E-state index in [1.54, 1.807) is 6.07 Å². The SMILES string of the molecule is NC(=O)c1cc(-c2ccc(N)cc2)cc2c(C3CCS(O)(O)CC3)c[nH]c12. The van der Waals surface area contributed by atoms with Gasteiger partial charge in [0.05, 0.1) is 11.1 Å². The zero-order valence-corrected chi connectivity index (χ0v) is 15.6. The predicted octanol–water partition coefficient (Wildman–Crippen LogP) is 4.14. The summed E-state index contributed by atoms with van der Waals surface area (Å²) in [5.41, 5.74) is 16.2. The number of H-pyrrole nitrogens is 1. The minimum absolute atomic E-state index is 0.223. The van der Waals surface area contributed by atoms with Gasteiger partial charge in [-0.05, 0) is 59.7 Å². The molecule has 4 rings (SSSR count). The summed E-state index contributed by atoms with van der Waals surface area (Å²) in [7, 11) is -2.43. The molecule has 7 heteroatoms. The Morgan fingerprint density at radius 3 is 2.37 bits per heavy atom. The highest BCUT2D eigenvalue weighted by Gasteiger charge is 2.27. The summed E-state index contributed by atoms with van der Waals surface area (Å²) < 4.78 is 19.8. The lowest BCUT2D eigenvalue weighted by Crippen LogP contribution is -2.19. The van der Waals surface area contributed by atoms with Crippen LogP contribution in [0.3, 0.4) is 0 Å². The van der Waals surface area contributed by atoms with Crippen molar-refractivity contribution in [3.8, 4) is 11.1 Å². The molecule has 0 atom stereocenters. The lowest BCUT2D eigenvalue weighted by Gasteiger charge is -2.39. The molecule has 0 saturated carbocycles. The second-order valence-electron chi connectivity index (χ2n) is 7.16. The van der Waals surface area contributed by atoms with Gasteiger partial charge in [0.25, 0.3) is 5.91 Å². The fourth-order valence-electron chi connectivity index (χ4n) is 3.85. The van der Waals surface area contributed by atoms with E-state index in [2.05, 4.69) is 11.1 Å². The summed E-state index contributed by atoms with van der Waals surface area (Å²) in [6.07, 6.45) is 3.35. The molecule has 142 valence electrons. The van der Waals surface area contributed by atoms with E-state index in [1.165, 1.54) is 0 Å². The Kier molecular flexibility index (Phi) is 4.38. The van der Waals surface area contributed by atoms with E-state index in [1.807, 2.05) is 30.5 Å². The number of anilines is 1. The fraction of sp³-hybridized carbons (Fsp3) is 0.250. The largest absolute Gasteiger partial charge is 0.399 e. The van der Waals surface area contributed by atoms with E-state index in [0.29, 0.717) is 35.6 Å². The van der Waals surface area contributed by atoms with Crippen molar-refractivity contribution in [2.24, 2.45) is 5.73 Å². The molecule has 6 nitrogen and oxygen atoms in total. The lowest BCUT2D eigenvalue weighted by atomic mass is 9.91. The summed E-state index contributed by atoms with van der Waals surface area (Å²) in [5, 5.41) is 0.960. The molecule has 0 unspecified atom stereocenters. The van der Waals surface area contributed by atoms with Crippen molar-refractivity contribution >= 4 is 33.1 Å². The van der Waals surface area contributed by atoms with Gasteiger partial charge in [-0.2, -0.15) is 10.6 Å². The highest BCUT2D eigenvalue weighted by atomic mass is 32.3. The summed E-state index contributed by atoms with van der Waals surface area (Å²) >= 11 is 0. The zero-order chi connectivity index (χ0) is 19.2. The summed E-state index contributed by atoms with van der Waals surface area (Å²) in [5.74, 6) is 0.583. The molecule has 1 aliphatic heterocycles. The Morgan fingerprint density at radius 1 is 1.07 bits per heavy atom. The van der Waals surface area contributed by atoms with Crippen LogP contribution in [-0.2, 0) is 0 Å². The Hall–Kier alpha value is -2.48. The van der Waals surface area contributed by atoms with Crippen molar-refractivity contribution in [1.82, 2.24) is 4.98 Å². The third-order valence-electron chi connectivity index (χ3n) is 5.36. The van der Waals surface area contributed by atoms with E-state index in [9.17, 15) is 13.9 Å². The highest BCUT2D eigenvalue weighted by Crippen LogP contribution is 2.49. The molecule has 0 spiro atoms. The first-order valence-corrected chi connectivity index (χ1v) is 10.8. The summed E-state index contributed by atoms with van der Waals surface area (Å²) in [4.78, 5) is 15.2. The van der Waals surface area contributed by atoms with Gasteiger partial charge in [0, 0.05) is 28.8 Å². The molecule has 3 aromatic rings. The van der Waals surface area contributed by atoms with Crippen LogP contribution >= 0.6 is 10.6 Å². The number of nitrogens with one attached hydrogen (secondary N) is 1. The number of primary amides is 1. The molecule has 2 heterocycles.